The second-order valence-corrected chi connectivity index (χ2v) is 6.71. The molecular formula is C17H14BrClN2O2. The molecule has 1 fully saturated rings. The van der Waals surface area contributed by atoms with Gasteiger partial charge in [-0.1, -0.05) is 35.9 Å². The van der Waals surface area contributed by atoms with Crippen LogP contribution in [0.25, 0.3) is 0 Å². The molecule has 0 saturated heterocycles. The van der Waals surface area contributed by atoms with Gasteiger partial charge in [-0.25, -0.2) is 0 Å². The van der Waals surface area contributed by atoms with Crippen molar-refractivity contribution in [1.82, 2.24) is 0 Å². The molecule has 0 unspecified atom stereocenters. The SMILES string of the molecule is O=C(Nc1ccccc1Cl)C1(C(=O)Nc2ccccc2Br)CC1. The van der Waals surface area contributed by atoms with Gasteiger partial charge in [-0.2, -0.15) is 0 Å². The average Bonchev–Trinajstić information content (AvgIpc) is 3.34. The number of hydrogen-bond donors (Lipinski definition) is 2. The Bertz CT molecular complexity index is 713. The molecule has 0 atom stereocenters. The van der Waals surface area contributed by atoms with Crippen LogP contribution in [0.3, 0.4) is 0 Å². The van der Waals surface area contributed by atoms with Gasteiger partial charge >= 0.3 is 0 Å². The smallest absolute Gasteiger partial charge is 0.240 e. The van der Waals surface area contributed by atoms with Crippen molar-refractivity contribution in [3.05, 3.63) is 58.0 Å². The van der Waals surface area contributed by atoms with Crippen molar-refractivity contribution in [3.8, 4) is 0 Å². The number of rotatable bonds is 4. The van der Waals surface area contributed by atoms with Gasteiger partial charge in [0, 0.05) is 4.47 Å². The summed E-state index contributed by atoms with van der Waals surface area (Å²) >= 11 is 9.43. The Kier molecular flexibility index (Phi) is 4.41. The maximum absolute atomic E-state index is 12.5. The molecule has 3 rings (SSSR count). The highest BCUT2D eigenvalue weighted by Crippen LogP contribution is 2.48. The van der Waals surface area contributed by atoms with Gasteiger partial charge in [0.2, 0.25) is 11.8 Å². The Morgan fingerprint density at radius 3 is 2.00 bits per heavy atom. The first-order chi connectivity index (χ1) is 11.0. The average molecular weight is 394 g/mol. The minimum atomic E-state index is -1.02. The number of carbonyl (C=O) groups is 2. The molecule has 6 heteroatoms. The van der Waals surface area contributed by atoms with Crippen LogP contribution in [0.4, 0.5) is 11.4 Å². The molecule has 1 aliphatic rings. The first-order valence-corrected chi connectivity index (χ1v) is 8.32. The first-order valence-electron chi connectivity index (χ1n) is 7.15. The van der Waals surface area contributed by atoms with Crippen LogP contribution in [0.1, 0.15) is 12.8 Å². The van der Waals surface area contributed by atoms with Crippen molar-refractivity contribution in [2.24, 2.45) is 5.41 Å². The normalized spacial score (nSPS) is 14.9. The minimum absolute atomic E-state index is 0.297. The van der Waals surface area contributed by atoms with E-state index in [9.17, 15) is 9.59 Å². The highest BCUT2D eigenvalue weighted by Gasteiger charge is 2.56. The van der Waals surface area contributed by atoms with E-state index in [0.717, 1.165) is 4.47 Å². The van der Waals surface area contributed by atoms with E-state index >= 15 is 0 Å². The van der Waals surface area contributed by atoms with Crippen molar-refractivity contribution in [1.29, 1.82) is 0 Å². The third-order valence-corrected chi connectivity index (χ3v) is 4.88. The van der Waals surface area contributed by atoms with E-state index in [2.05, 4.69) is 26.6 Å². The molecule has 2 aromatic rings. The molecule has 0 heterocycles. The lowest BCUT2D eigenvalue weighted by molar-refractivity contribution is -0.131. The molecule has 0 radical (unpaired) electrons. The number of benzene rings is 2. The Morgan fingerprint density at radius 2 is 1.43 bits per heavy atom. The number of anilines is 2. The van der Waals surface area contributed by atoms with E-state index in [1.54, 1.807) is 30.3 Å². The summed E-state index contributed by atoms with van der Waals surface area (Å²) in [5.74, 6) is -0.621. The number of carbonyl (C=O) groups excluding carboxylic acids is 2. The van der Waals surface area contributed by atoms with Crippen molar-refractivity contribution in [3.63, 3.8) is 0 Å². The standard InChI is InChI=1S/C17H14BrClN2O2/c18-11-5-1-3-7-13(11)20-15(22)17(9-10-17)16(23)21-14-8-4-2-6-12(14)19/h1-8H,9-10H2,(H,20,22)(H,21,23). The van der Waals surface area contributed by atoms with Crippen LogP contribution in [0.5, 0.6) is 0 Å². The third kappa shape index (κ3) is 3.26. The van der Waals surface area contributed by atoms with E-state index < -0.39 is 5.41 Å². The number of halogens is 2. The van der Waals surface area contributed by atoms with Gasteiger partial charge in [0.1, 0.15) is 5.41 Å². The van der Waals surface area contributed by atoms with Crippen molar-refractivity contribution >= 4 is 50.7 Å². The van der Waals surface area contributed by atoms with Gasteiger partial charge in [0.25, 0.3) is 0 Å². The zero-order valence-corrected chi connectivity index (χ0v) is 14.4. The van der Waals surface area contributed by atoms with E-state index in [1.165, 1.54) is 0 Å². The zero-order valence-electron chi connectivity index (χ0n) is 12.1. The van der Waals surface area contributed by atoms with E-state index in [0.29, 0.717) is 29.2 Å². The molecule has 23 heavy (non-hydrogen) atoms. The number of amides is 2. The summed E-state index contributed by atoms with van der Waals surface area (Å²) in [4.78, 5) is 25.1. The molecule has 2 aromatic carbocycles. The Balaban J connectivity index is 1.74. The maximum Gasteiger partial charge on any atom is 0.240 e. The van der Waals surface area contributed by atoms with Crippen LogP contribution in [0, 0.1) is 5.41 Å². The summed E-state index contributed by atoms with van der Waals surface area (Å²) in [6, 6.07) is 14.3. The molecule has 1 saturated carbocycles. The lowest BCUT2D eigenvalue weighted by Gasteiger charge is -2.16. The summed E-state index contributed by atoms with van der Waals surface area (Å²) in [5.41, 5.74) is 0.141. The molecule has 118 valence electrons. The van der Waals surface area contributed by atoms with Gasteiger partial charge < -0.3 is 10.6 Å². The first kappa shape index (κ1) is 16.0. The van der Waals surface area contributed by atoms with Gasteiger partial charge in [-0.15, -0.1) is 0 Å². The largest absolute Gasteiger partial charge is 0.324 e. The second kappa shape index (κ2) is 6.34. The fourth-order valence-electron chi connectivity index (χ4n) is 2.29. The summed E-state index contributed by atoms with van der Waals surface area (Å²) in [5, 5.41) is 6.01. The van der Waals surface area contributed by atoms with Crippen molar-refractivity contribution < 1.29 is 9.59 Å². The molecule has 0 spiro atoms. The van der Waals surface area contributed by atoms with Gasteiger partial charge in [0.15, 0.2) is 0 Å². The Morgan fingerprint density at radius 1 is 0.913 bits per heavy atom. The zero-order chi connectivity index (χ0) is 16.4. The fourth-order valence-corrected chi connectivity index (χ4v) is 2.86. The second-order valence-electron chi connectivity index (χ2n) is 5.45. The van der Waals surface area contributed by atoms with Crippen LogP contribution < -0.4 is 10.6 Å². The topological polar surface area (TPSA) is 58.2 Å². The molecule has 0 aromatic heterocycles. The van der Waals surface area contributed by atoms with Crippen molar-refractivity contribution in [2.45, 2.75) is 12.8 Å². The number of para-hydroxylation sites is 2. The highest BCUT2D eigenvalue weighted by molar-refractivity contribution is 9.10. The van der Waals surface area contributed by atoms with E-state index in [-0.39, 0.29) is 11.8 Å². The monoisotopic (exact) mass is 392 g/mol. The molecule has 0 bridgehead atoms. The summed E-state index contributed by atoms with van der Waals surface area (Å²) in [6.07, 6.45) is 1.05. The third-order valence-electron chi connectivity index (χ3n) is 3.86. The maximum atomic E-state index is 12.5. The van der Waals surface area contributed by atoms with Crippen LogP contribution >= 0.6 is 27.5 Å². The highest BCUT2D eigenvalue weighted by atomic mass is 79.9. The predicted molar refractivity (Wildman–Crippen MR) is 94.5 cm³/mol. The Hall–Kier alpha value is -1.85. The van der Waals surface area contributed by atoms with Crippen LogP contribution in [-0.2, 0) is 9.59 Å². The quantitative estimate of drug-likeness (QED) is 0.754. The van der Waals surface area contributed by atoms with Crippen LogP contribution in [0.2, 0.25) is 5.02 Å². The lowest BCUT2D eigenvalue weighted by atomic mass is 10.0. The van der Waals surface area contributed by atoms with E-state index in [4.69, 9.17) is 11.6 Å². The molecule has 1 aliphatic carbocycles. The Labute approximate surface area is 147 Å². The summed E-state index contributed by atoms with van der Waals surface area (Å²) in [6.45, 7) is 0. The minimum Gasteiger partial charge on any atom is -0.324 e. The lowest BCUT2D eigenvalue weighted by Crippen LogP contribution is -2.35. The molecule has 0 aliphatic heterocycles. The van der Waals surface area contributed by atoms with Crippen LogP contribution in [0.15, 0.2) is 53.0 Å². The number of hydrogen-bond acceptors (Lipinski definition) is 2. The van der Waals surface area contributed by atoms with Gasteiger partial charge in [0.05, 0.1) is 16.4 Å². The predicted octanol–water partition coefficient (Wildman–Crippen LogP) is 4.46. The van der Waals surface area contributed by atoms with Gasteiger partial charge in [-0.3, -0.25) is 9.59 Å². The van der Waals surface area contributed by atoms with Crippen molar-refractivity contribution in [2.75, 3.05) is 10.6 Å². The molecule has 2 N–H and O–H groups in total. The summed E-state index contributed by atoms with van der Waals surface area (Å²) < 4.78 is 0.774. The van der Waals surface area contributed by atoms with E-state index in [1.807, 2.05) is 18.2 Å². The summed E-state index contributed by atoms with van der Waals surface area (Å²) in [7, 11) is 0. The number of nitrogens with one attached hydrogen (secondary N) is 2. The molecule has 4 nitrogen and oxygen atoms in total. The molecular weight excluding hydrogens is 380 g/mol. The van der Waals surface area contributed by atoms with Crippen LogP contribution in [-0.4, -0.2) is 11.8 Å². The van der Waals surface area contributed by atoms with Gasteiger partial charge in [-0.05, 0) is 53.0 Å². The fraction of sp³-hybridized carbons (Fsp3) is 0.176. The molecule has 2 amide bonds.